The van der Waals surface area contributed by atoms with Crippen molar-refractivity contribution in [3.8, 4) is 0 Å². The van der Waals surface area contributed by atoms with E-state index in [2.05, 4.69) is 5.10 Å². The molecule has 2 aromatic rings. The number of ether oxygens (including phenoxy) is 1. The third-order valence-electron chi connectivity index (χ3n) is 2.89. The number of nitrogens with zero attached hydrogens (tertiary/aromatic N) is 2. The van der Waals surface area contributed by atoms with Crippen LogP contribution in [0.4, 0.5) is 8.78 Å². The number of benzene rings is 1. The monoisotopic (exact) mass is 236 g/mol. The number of aromatic nitrogens is 2. The van der Waals surface area contributed by atoms with Crippen molar-refractivity contribution in [2.45, 2.75) is 12.1 Å². The van der Waals surface area contributed by atoms with E-state index in [1.165, 1.54) is 12.1 Å². The molecule has 5 heteroatoms. The van der Waals surface area contributed by atoms with Crippen molar-refractivity contribution in [1.29, 1.82) is 0 Å². The van der Waals surface area contributed by atoms with Crippen molar-refractivity contribution in [1.82, 2.24) is 9.78 Å². The van der Waals surface area contributed by atoms with Gasteiger partial charge in [0.05, 0.1) is 13.2 Å². The van der Waals surface area contributed by atoms with Gasteiger partial charge >= 0.3 is 0 Å². The number of rotatable bonds is 3. The van der Waals surface area contributed by atoms with E-state index in [1.54, 1.807) is 23.1 Å². The summed E-state index contributed by atoms with van der Waals surface area (Å²) in [4.78, 5) is 0. The molecule has 0 spiro atoms. The molecule has 1 aromatic carbocycles. The quantitative estimate of drug-likeness (QED) is 0.764. The molecule has 3 rings (SSSR count). The zero-order valence-corrected chi connectivity index (χ0v) is 8.94. The number of hydrogen-bond acceptors (Lipinski definition) is 2. The summed E-state index contributed by atoms with van der Waals surface area (Å²) in [6.45, 7) is 0.859. The van der Waals surface area contributed by atoms with Gasteiger partial charge in [0, 0.05) is 24.0 Å². The molecule has 1 aromatic heterocycles. The summed E-state index contributed by atoms with van der Waals surface area (Å²) in [5.41, 5.74) is -0.307. The second-order valence-electron chi connectivity index (χ2n) is 4.11. The van der Waals surface area contributed by atoms with Crippen LogP contribution in [0, 0.1) is 11.6 Å². The second-order valence-corrected chi connectivity index (χ2v) is 4.11. The Kier molecular flexibility index (Phi) is 2.22. The molecule has 1 atom stereocenters. The van der Waals surface area contributed by atoms with Crippen LogP contribution in [0.1, 0.15) is 5.56 Å². The summed E-state index contributed by atoms with van der Waals surface area (Å²) in [6, 6.07) is 5.34. The number of hydrogen-bond donors (Lipinski definition) is 0. The van der Waals surface area contributed by atoms with E-state index in [9.17, 15) is 8.78 Å². The minimum Gasteiger partial charge on any atom is -0.362 e. The molecule has 0 bridgehead atoms. The predicted molar refractivity (Wildman–Crippen MR) is 56.2 cm³/mol. The molecule has 88 valence electrons. The highest BCUT2D eigenvalue weighted by Gasteiger charge is 2.48. The molecular weight excluding hydrogens is 226 g/mol. The molecule has 1 saturated heterocycles. The van der Waals surface area contributed by atoms with E-state index >= 15 is 0 Å². The average Bonchev–Trinajstić information content (AvgIpc) is 2.86. The van der Waals surface area contributed by atoms with Gasteiger partial charge in [0.15, 0.2) is 0 Å². The average molecular weight is 236 g/mol. The van der Waals surface area contributed by atoms with Crippen LogP contribution in [0.15, 0.2) is 36.7 Å². The molecule has 17 heavy (non-hydrogen) atoms. The molecule has 0 N–H and O–H groups in total. The highest BCUT2D eigenvalue weighted by Crippen LogP contribution is 2.41. The molecule has 0 aliphatic carbocycles. The first-order chi connectivity index (χ1) is 8.20. The maximum Gasteiger partial charge on any atom is 0.139 e. The molecular formula is C12H10F2N2O. The van der Waals surface area contributed by atoms with Crippen molar-refractivity contribution in [3.63, 3.8) is 0 Å². The van der Waals surface area contributed by atoms with Gasteiger partial charge in [-0.3, -0.25) is 4.68 Å². The summed E-state index contributed by atoms with van der Waals surface area (Å²) in [5, 5.41) is 4.05. The van der Waals surface area contributed by atoms with Gasteiger partial charge < -0.3 is 4.74 Å². The summed E-state index contributed by atoms with van der Waals surface area (Å²) in [6.07, 6.45) is 3.43. The summed E-state index contributed by atoms with van der Waals surface area (Å²) >= 11 is 0. The summed E-state index contributed by atoms with van der Waals surface area (Å²) in [5.74, 6) is -1.16. The second kappa shape index (κ2) is 3.63. The normalized spacial score (nSPS) is 22.7. The maximum atomic E-state index is 13.7. The van der Waals surface area contributed by atoms with Crippen molar-refractivity contribution in [3.05, 3.63) is 53.9 Å². The fourth-order valence-electron chi connectivity index (χ4n) is 1.93. The minimum atomic E-state index is -0.691. The van der Waals surface area contributed by atoms with Crippen LogP contribution in [-0.2, 0) is 16.9 Å². The van der Waals surface area contributed by atoms with E-state index in [1.807, 2.05) is 0 Å². The van der Waals surface area contributed by atoms with Gasteiger partial charge in [0.25, 0.3) is 0 Å². The Balaban J connectivity index is 1.92. The van der Waals surface area contributed by atoms with Crippen molar-refractivity contribution in [2.75, 3.05) is 6.61 Å². The summed E-state index contributed by atoms with van der Waals surface area (Å²) in [7, 11) is 0. The first-order valence-corrected chi connectivity index (χ1v) is 5.27. The van der Waals surface area contributed by atoms with Crippen molar-refractivity contribution >= 4 is 0 Å². The van der Waals surface area contributed by atoms with Crippen LogP contribution in [0.5, 0.6) is 0 Å². The largest absolute Gasteiger partial charge is 0.362 e. The van der Waals surface area contributed by atoms with E-state index in [0.29, 0.717) is 18.7 Å². The molecule has 1 aliphatic heterocycles. The standard InChI is InChI=1S/C12H10F2N2O/c13-9-2-3-10(11(14)6-9)12(8-17-12)7-16-5-1-4-15-16/h1-6H,7-8H2. The highest BCUT2D eigenvalue weighted by atomic mass is 19.1. The van der Waals surface area contributed by atoms with Crippen LogP contribution in [-0.4, -0.2) is 16.4 Å². The van der Waals surface area contributed by atoms with Crippen LogP contribution in [0.25, 0.3) is 0 Å². The van der Waals surface area contributed by atoms with Gasteiger partial charge in [-0.2, -0.15) is 5.10 Å². The van der Waals surface area contributed by atoms with E-state index in [-0.39, 0.29) is 0 Å². The fourth-order valence-corrected chi connectivity index (χ4v) is 1.93. The highest BCUT2D eigenvalue weighted by molar-refractivity contribution is 5.28. The maximum absolute atomic E-state index is 13.7. The van der Waals surface area contributed by atoms with Gasteiger partial charge in [0.1, 0.15) is 17.2 Å². The topological polar surface area (TPSA) is 30.4 Å². The first-order valence-electron chi connectivity index (χ1n) is 5.27. The van der Waals surface area contributed by atoms with E-state index in [0.717, 1.165) is 6.07 Å². The lowest BCUT2D eigenvalue weighted by atomic mass is 9.99. The van der Waals surface area contributed by atoms with Crippen LogP contribution < -0.4 is 0 Å². The van der Waals surface area contributed by atoms with Gasteiger partial charge in [0.2, 0.25) is 0 Å². The Morgan fingerprint density at radius 1 is 1.41 bits per heavy atom. The third kappa shape index (κ3) is 1.82. The Morgan fingerprint density at radius 2 is 2.24 bits per heavy atom. The van der Waals surface area contributed by atoms with E-state index < -0.39 is 17.2 Å². The molecule has 3 nitrogen and oxygen atoms in total. The molecule has 0 radical (unpaired) electrons. The summed E-state index contributed by atoms with van der Waals surface area (Å²) < 4.78 is 33.5. The van der Waals surface area contributed by atoms with Crippen LogP contribution >= 0.6 is 0 Å². The zero-order valence-electron chi connectivity index (χ0n) is 8.94. The Labute approximate surface area is 96.6 Å². The number of epoxide rings is 1. The SMILES string of the molecule is Fc1ccc(C2(Cn3cccn3)CO2)c(F)c1. The van der Waals surface area contributed by atoms with Gasteiger partial charge in [-0.1, -0.05) is 6.07 Å². The van der Waals surface area contributed by atoms with Crippen LogP contribution in [0.3, 0.4) is 0 Å². The molecule has 1 unspecified atom stereocenters. The predicted octanol–water partition coefficient (Wildman–Crippen LogP) is 2.09. The Bertz CT molecular complexity index is 535. The van der Waals surface area contributed by atoms with Crippen molar-refractivity contribution in [2.24, 2.45) is 0 Å². The third-order valence-corrected chi connectivity index (χ3v) is 2.89. The minimum absolute atomic E-state index is 0.384. The lowest BCUT2D eigenvalue weighted by Crippen LogP contribution is -2.19. The molecule has 0 amide bonds. The van der Waals surface area contributed by atoms with E-state index in [4.69, 9.17) is 4.74 Å². The Morgan fingerprint density at radius 3 is 2.82 bits per heavy atom. The van der Waals surface area contributed by atoms with Crippen molar-refractivity contribution < 1.29 is 13.5 Å². The lowest BCUT2D eigenvalue weighted by molar-refractivity contribution is 0.262. The molecule has 0 saturated carbocycles. The lowest BCUT2D eigenvalue weighted by Gasteiger charge is -2.13. The zero-order chi connectivity index (χ0) is 11.9. The molecule has 2 heterocycles. The number of halogens is 2. The first kappa shape index (κ1) is 10.4. The molecule has 1 aliphatic rings. The Hall–Kier alpha value is -1.75. The fraction of sp³-hybridized carbons (Fsp3) is 0.250. The smallest absolute Gasteiger partial charge is 0.139 e. The van der Waals surface area contributed by atoms with Gasteiger partial charge in [-0.05, 0) is 12.1 Å². The van der Waals surface area contributed by atoms with Gasteiger partial charge in [-0.15, -0.1) is 0 Å². The van der Waals surface area contributed by atoms with Crippen LogP contribution in [0.2, 0.25) is 0 Å². The van der Waals surface area contributed by atoms with Gasteiger partial charge in [-0.25, -0.2) is 8.78 Å². The molecule has 1 fully saturated rings.